The maximum atomic E-state index is 6.32. The fourth-order valence-corrected chi connectivity index (χ4v) is 3.54. The van der Waals surface area contributed by atoms with E-state index in [4.69, 9.17) is 37.3 Å². The minimum Gasteiger partial charge on any atom is -0.493 e. The highest BCUT2D eigenvalue weighted by molar-refractivity contribution is 6.18. The fourth-order valence-electron chi connectivity index (χ4n) is 3.47. The summed E-state index contributed by atoms with van der Waals surface area (Å²) in [5.74, 6) is 2.53. The molecule has 0 saturated heterocycles. The molecular formula is C24H26ClN5O3. The fraction of sp³-hybridized carbons (Fsp3) is 0.292. The van der Waals surface area contributed by atoms with Crippen LogP contribution < -0.4 is 25.7 Å². The first-order chi connectivity index (χ1) is 16.0. The smallest absolute Gasteiger partial charge is 0.162 e. The molecule has 1 aromatic carbocycles. The molecule has 0 aliphatic rings. The Hall–Kier alpha value is -3.36. The number of hydrogen-bond acceptors (Lipinski definition) is 8. The molecule has 33 heavy (non-hydrogen) atoms. The third kappa shape index (κ3) is 4.86. The minimum atomic E-state index is -0.0332. The van der Waals surface area contributed by atoms with Crippen molar-refractivity contribution in [1.82, 2.24) is 15.0 Å². The van der Waals surface area contributed by atoms with E-state index < -0.39 is 0 Å². The number of nitrogens with zero attached hydrogens (tertiary/aromatic N) is 3. The van der Waals surface area contributed by atoms with Crippen LogP contribution in [0.3, 0.4) is 0 Å². The molecule has 0 saturated carbocycles. The molecule has 0 bridgehead atoms. The van der Waals surface area contributed by atoms with Crippen LogP contribution in [0.5, 0.6) is 17.2 Å². The number of hydrogen-bond donors (Lipinski definition) is 2. The molecule has 8 nitrogen and oxygen atoms in total. The van der Waals surface area contributed by atoms with Crippen LogP contribution in [0.15, 0.2) is 42.9 Å². The highest BCUT2D eigenvalue weighted by atomic mass is 35.5. The Balaban J connectivity index is 1.82. The summed E-state index contributed by atoms with van der Waals surface area (Å²) in [6.45, 7) is 2.79. The van der Waals surface area contributed by atoms with Crippen LogP contribution in [0.2, 0.25) is 0 Å². The largest absolute Gasteiger partial charge is 0.493 e. The molecule has 0 fully saturated rings. The predicted octanol–water partition coefficient (Wildman–Crippen LogP) is 4.17. The number of anilines is 1. The van der Waals surface area contributed by atoms with Gasteiger partial charge < -0.3 is 25.7 Å². The third-order valence-electron chi connectivity index (χ3n) is 5.33. The Morgan fingerprint density at radius 3 is 2.61 bits per heavy atom. The lowest BCUT2D eigenvalue weighted by molar-refractivity contribution is 0.284. The number of nitrogen functional groups attached to an aromatic ring is 1. The normalized spacial score (nSPS) is 12.1. The highest BCUT2D eigenvalue weighted by Gasteiger charge is 2.14. The Morgan fingerprint density at radius 1 is 1.00 bits per heavy atom. The second kappa shape index (κ2) is 10.1. The molecule has 4 aromatic rings. The van der Waals surface area contributed by atoms with Crippen molar-refractivity contribution < 1.29 is 14.2 Å². The molecule has 4 N–H and O–H groups in total. The van der Waals surface area contributed by atoms with Crippen molar-refractivity contribution in [2.24, 2.45) is 5.73 Å². The van der Waals surface area contributed by atoms with Gasteiger partial charge in [0.1, 0.15) is 24.8 Å². The molecule has 0 unspecified atom stereocenters. The van der Waals surface area contributed by atoms with E-state index in [2.05, 4.69) is 15.0 Å². The lowest BCUT2D eigenvalue weighted by Crippen LogP contribution is -2.26. The number of rotatable bonds is 9. The molecule has 1 atom stereocenters. The Bertz CT molecular complexity index is 1280. The zero-order valence-corrected chi connectivity index (χ0v) is 19.3. The van der Waals surface area contributed by atoms with Crippen LogP contribution in [0.4, 0.5) is 5.82 Å². The monoisotopic (exact) mass is 467 g/mol. The number of halogens is 1. The standard InChI is InChI=1S/C24H26ClN5O3/c1-3-15(26)13-33-16-6-14(10-28-11-16)20-7-17-18-8-23(32-5-4-25)22(31-2)9-21(18)29-12-19(17)24(27)30-20/h6-12,15H,3-5,13,26H2,1-2H3,(H2,27,30)/t15-/m0/s1. The van der Waals surface area contributed by atoms with Crippen molar-refractivity contribution in [3.8, 4) is 28.5 Å². The van der Waals surface area contributed by atoms with E-state index in [1.54, 1.807) is 25.7 Å². The summed E-state index contributed by atoms with van der Waals surface area (Å²) >= 11 is 5.80. The molecule has 0 aliphatic carbocycles. The number of alkyl halides is 1. The predicted molar refractivity (Wildman–Crippen MR) is 131 cm³/mol. The van der Waals surface area contributed by atoms with Gasteiger partial charge in [-0.05, 0) is 30.0 Å². The number of fused-ring (bicyclic) bond motifs is 3. The molecule has 3 heterocycles. The van der Waals surface area contributed by atoms with Gasteiger partial charge in [-0.3, -0.25) is 9.97 Å². The summed E-state index contributed by atoms with van der Waals surface area (Å²) in [5, 5.41) is 2.50. The van der Waals surface area contributed by atoms with Gasteiger partial charge >= 0.3 is 0 Å². The van der Waals surface area contributed by atoms with Crippen molar-refractivity contribution in [1.29, 1.82) is 0 Å². The van der Waals surface area contributed by atoms with Gasteiger partial charge in [0, 0.05) is 40.8 Å². The average Bonchev–Trinajstić information content (AvgIpc) is 2.85. The Kier molecular flexibility index (Phi) is 6.96. The van der Waals surface area contributed by atoms with Gasteiger partial charge in [0.15, 0.2) is 11.5 Å². The highest BCUT2D eigenvalue weighted by Crippen LogP contribution is 2.37. The van der Waals surface area contributed by atoms with E-state index in [1.165, 1.54) is 0 Å². The molecule has 0 spiro atoms. The zero-order chi connectivity index (χ0) is 23.4. The topological polar surface area (TPSA) is 118 Å². The first kappa shape index (κ1) is 22.8. The number of pyridine rings is 3. The molecule has 0 amide bonds. The number of benzene rings is 1. The van der Waals surface area contributed by atoms with E-state index in [0.29, 0.717) is 47.9 Å². The second-order valence-corrected chi connectivity index (χ2v) is 7.94. The summed E-state index contributed by atoms with van der Waals surface area (Å²) in [4.78, 5) is 13.4. The van der Waals surface area contributed by atoms with Gasteiger partial charge in [-0.25, -0.2) is 4.98 Å². The van der Waals surface area contributed by atoms with E-state index in [-0.39, 0.29) is 6.04 Å². The Morgan fingerprint density at radius 2 is 1.85 bits per heavy atom. The summed E-state index contributed by atoms with van der Waals surface area (Å²) in [6, 6.07) is 7.54. The first-order valence-corrected chi connectivity index (χ1v) is 11.2. The molecular weight excluding hydrogens is 442 g/mol. The van der Waals surface area contributed by atoms with Gasteiger partial charge in [-0.2, -0.15) is 0 Å². The maximum absolute atomic E-state index is 6.32. The van der Waals surface area contributed by atoms with Crippen LogP contribution in [0, 0.1) is 0 Å². The van der Waals surface area contributed by atoms with Crippen LogP contribution in [-0.2, 0) is 0 Å². The van der Waals surface area contributed by atoms with Gasteiger partial charge in [0.25, 0.3) is 0 Å². The number of aromatic nitrogens is 3. The van der Waals surface area contributed by atoms with Gasteiger partial charge in [-0.15, -0.1) is 11.6 Å². The SMILES string of the molecule is CC[C@H](N)COc1cncc(-c2cc3c(cnc4cc(OC)c(OCCCl)cc43)c(N)n2)c1. The minimum absolute atomic E-state index is 0.0332. The van der Waals surface area contributed by atoms with E-state index in [9.17, 15) is 0 Å². The van der Waals surface area contributed by atoms with Crippen LogP contribution >= 0.6 is 11.6 Å². The molecule has 0 aliphatic heterocycles. The van der Waals surface area contributed by atoms with E-state index in [1.807, 2.05) is 31.2 Å². The van der Waals surface area contributed by atoms with Crippen molar-refractivity contribution in [2.75, 3.05) is 31.9 Å². The lowest BCUT2D eigenvalue weighted by Gasteiger charge is -2.14. The summed E-state index contributed by atoms with van der Waals surface area (Å²) in [7, 11) is 1.59. The van der Waals surface area contributed by atoms with Crippen molar-refractivity contribution in [2.45, 2.75) is 19.4 Å². The van der Waals surface area contributed by atoms with Crippen molar-refractivity contribution >= 4 is 39.1 Å². The number of ether oxygens (including phenoxy) is 3. The van der Waals surface area contributed by atoms with Crippen molar-refractivity contribution in [3.05, 3.63) is 42.9 Å². The number of methoxy groups -OCH3 is 1. The van der Waals surface area contributed by atoms with Crippen LogP contribution in [-0.4, -0.2) is 47.2 Å². The average molecular weight is 468 g/mol. The quantitative estimate of drug-likeness (QED) is 0.278. The third-order valence-corrected chi connectivity index (χ3v) is 5.48. The zero-order valence-electron chi connectivity index (χ0n) is 18.5. The molecule has 172 valence electrons. The maximum Gasteiger partial charge on any atom is 0.162 e. The first-order valence-electron chi connectivity index (χ1n) is 10.6. The van der Waals surface area contributed by atoms with E-state index in [0.717, 1.165) is 33.7 Å². The van der Waals surface area contributed by atoms with Crippen molar-refractivity contribution in [3.63, 3.8) is 0 Å². The summed E-state index contributed by atoms with van der Waals surface area (Å²) < 4.78 is 17.0. The number of nitrogens with two attached hydrogens (primary N) is 2. The molecule has 3 aromatic heterocycles. The molecule has 9 heteroatoms. The van der Waals surface area contributed by atoms with E-state index >= 15 is 0 Å². The van der Waals surface area contributed by atoms with Crippen LogP contribution in [0.1, 0.15) is 13.3 Å². The molecule has 4 rings (SSSR count). The molecule has 0 radical (unpaired) electrons. The van der Waals surface area contributed by atoms with Crippen LogP contribution in [0.25, 0.3) is 32.9 Å². The summed E-state index contributed by atoms with van der Waals surface area (Å²) in [5.41, 5.74) is 14.5. The second-order valence-electron chi connectivity index (χ2n) is 7.56. The summed E-state index contributed by atoms with van der Waals surface area (Å²) in [6.07, 6.45) is 5.93. The van der Waals surface area contributed by atoms with Gasteiger partial charge in [0.2, 0.25) is 0 Å². The Labute approximate surface area is 196 Å². The van der Waals surface area contributed by atoms with Gasteiger partial charge in [0.05, 0.1) is 30.4 Å². The lowest BCUT2D eigenvalue weighted by atomic mass is 10.0. The van der Waals surface area contributed by atoms with Gasteiger partial charge in [-0.1, -0.05) is 6.92 Å².